The van der Waals surface area contributed by atoms with Crippen molar-refractivity contribution in [2.45, 2.75) is 47.0 Å². The molecule has 1 rings (SSSR count). The molecule has 2 nitrogen and oxygen atoms in total. The van der Waals surface area contributed by atoms with E-state index in [0.29, 0.717) is 5.92 Å². The van der Waals surface area contributed by atoms with Crippen LogP contribution in [-0.2, 0) is 6.42 Å². The van der Waals surface area contributed by atoms with Crippen LogP contribution in [0.5, 0.6) is 5.75 Å². The highest BCUT2D eigenvalue weighted by atomic mass is 16.5. The molecular formula is C23H35NO. The second kappa shape index (κ2) is 11.8. The Labute approximate surface area is 155 Å². The largest absolute Gasteiger partial charge is 0.493 e. The van der Waals surface area contributed by atoms with Crippen molar-refractivity contribution in [3.63, 3.8) is 0 Å². The highest BCUT2D eigenvalue weighted by molar-refractivity contribution is 5.44. The van der Waals surface area contributed by atoms with Crippen molar-refractivity contribution < 1.29 is 4.74 Å². The topological polar surface area (TPSA) is 12.5 Å². The van der Waals surface area contributed by atoms with E-state index in [0.717, 1.165) is 55.3 Å². The molecule has 0 heterocycles. The van der Waals surface area contributed by atoms with Crippen LogP contribution >= 0.6 is 0 Å². The fourth-order valence-electron chi connectivity index (χ4n) is 2.94. The number of benzene rings is 1. The van der Waals surface area contributed by atoms with Crippen LogP contribution in [0.15, 0.2) is 30.9 Å². The average Bonchev–Trinajstić information content (AvgIpc) is 2.59. The predicted molar refractivity (Wildman–Crippen MR) is 109 cm³/mol. The van der Waals surface area contributed by atoms with E-state index in [1.807, 2.05) is 24.3 Å². The van der Waals surface area contributed by atoms with E-state index in [1.54, 1.807) is 0 Å². The standard InChI is InChI=1S/C23H35NO/c1-7-11-22-16-21(9-3)12-13-23(22)25-15-10-14-24(17-19(4)5)18-20(6)8-2/h3,7,12-13,16,19-20H,1,8,10-11,14-15,17-18H2,2,4-6H3. The fourth-order valence-corrected chi connectivity index (χ4v) is 2.94. The minimum Gasteiger partial charge on any atom is -0.493 e. The van der Waals surface area contributed by atoms with Crippen LogP contribution in [-0.4, -0.2) is 31.1 Å². The van der Waals surface area contributed by atoms with Crippen molar-refractivity contribution in [3.8, 4) is 18.1 Å². The van der Waals surface area contributed by atoms with Gasteiger partial charge < -0.3 is 9.64 Å². The first-order valence-corrected chi connectivity index (χ1v) is 9.55. The highest BCUT2D eigenvalue weighted by Gasteiger charge is 2.11. The summed E-state index contributed by atoms with van der Waals surface area (Å²) in [6.07, 6.45) is 10.4. The van der Waals surface area contributed by atoms with E-state index < -0.39 is 0 Å². The first-order valence-electron chi connectivity index (χ1n) is 9.55. The Morgan fingerprint density at radius 2 is 2.04 bits per heavy atom. The Hall–Kier alpha value is -1.72. The van der Waals surface area contributed by atoms with E-state index in [9.17, 15) is 0 Å². The molecule has 0 bridgehead atoms. The van der Waals surface area contributed by atoms with Crippen LogP contribution in [0.2, 0.25) is 0 Å². The second-order valence-corrected chi connectivity index (χ2v) is 7.33. The third-order valence-corrected chi connectivity index (χ3v) is 4.36. The van der Waals surface area contributed by atoms with Gasteiger partial charge in [-0.3, -0.25) is 0 Å². The van der Waals surface area contributed by atoms with Crippen LogP contribution in [0, 0.1) is 24.2 Å². The normalized spacial score (nSPS) is 12.2. The molecular weight excluding hydrogens is 306 g/mol. The summed E-state index contributed by atoms with van der Waals surface area (Å²) in [6.45, 7) is 17.1. The first kappa shape index (κ1) is 21.3. The van der Waals surface area contributed by atoms with E-state index in [2.05, 4.69) is 45.1 Å². The summed E-state index contributed by atoms with van der Waals surface area (Å²) in [5.41, 5.74) is 2.00. The summed E-state index contributed by atoms with van der Waals surface area (Å²) in [5, 5.41) is 0. The van der Waals surface area contributed by atoms with Gasteiger partial charge in [0.05, 0.1) is 6.61 Å². The van der Waals surface area contributed by atoms with Crippen LogP contribution in [0.1, 0.15) is 51.7 Å². The molecule has 0 aromatic heterocycles. The van der Waals surface area contributed by atoms with Gasteiger partial charge in [-0.2, -0.15) is 0 Å². The average molecular weight is 342 g/mol. The highest BCUT2D eigenvalue weighted by Crippen LogP contribution is 2.21. The van der Waals surface area contributed by atoms with Crippen LogP contribution < -0.4 is 4.74 Å². The Morgan fingerprint density at radius 3 is 2.64 bits per heavy atom. The van der Waals surface area contributed by atoms with Gasteiger partial charge in [-0.25, -0.2) is 0 Å². The van der Waals surface area contributed by atoms with Gasteiger partial charge in [0.25, 0.3) is 0 Å². The van der Waals surface area contributed by atoms with Crippen molar-refractivity contribution >= 4 is 0 Å². The van der Waals surface area contributed by atoms with E-state index in [-0.39, 0.29) is 0 Å². The summed E-state index contributed by atoms with van der Waals surface area (Å²) in [4.78, 5) is 2.58. The van der Waals surface area contributed by atoms with Crippen LogP contribution in [0.4, 0.5) is 0 Å². The van der Waals surface area contributed by atoms with Gasteiger partial charge in [-0.15, -0.1) is 13.0 Å². The summed E-state index contributed by atoms with van der Waals surface area (Å²) in [5.74, 6) is 5.05. The zero-order chi connectivity index (χ0) is 18.7. The number of terminal acetylenes is 1. The Kier molecular flexibility index (Phi) is 10.0. The lowest BCUT2D eigenvalue weighted by Crippen LogP contribution is -2.33. The van der Waals surface area contributed by atoms with Crippen LogP contribution in [0.25, 0.3) is 0 Å². The Morgan fingerprint density at radius 1 is 1.28 bits per heavy atom. The number of ether oxygens (including phenoxy) is 1. The lowest BCUT2D eigenvalue weighted by molar-refractivity contribution is 0.191. The predicted octanol–water partition coefficient (Wildman–Crippen LogP) is 5.17. The third kappa shape index (κ3) is 8.27. The summed E-state index contributed by atoms with van der Waals surface area (Å²) in [7, 11) is 0. The van der Waals surface area contributed by atoms with E-state index in [1.165, 1.54) is 13.0 Å². The van der Waals surface area contributed by atoms with Crippen molar-refractivity contribution in [1.82, 2.24) is 4.90 Å². The minimum atomic E-state index is 0.695. The molecule has 0 saturated carbocycles. The summed E-state index contributed by atoms with van der Waals surface area (Å²) >= 11 is 0. The maximum atomic E-state index is 6.03. The molecule has 0 aliphatic heterocycles. The van der Waals surface area contributed by atoms with Gasteiger partial charge in [0.15, 0.2) is 0 Å². The van der Waals surface area contributed by atoms with Gasteiger partial charge >= 0.3 is 0 Å². The quantitative estimate of drug-likeness (QED) is 0.295. The molecule has 0 radical (unpaired) electrons. The monoisotopic (exact) mass is 341 g/mol. The van der Waals surface area contributed by atoms with Crippen molar-refractivity contribution in [1.29, 1.82) is 0 Å². The molecule has 1 aromatic carbocycles. The van der Waals surface area contributed by atoms with E-state index >= 15 is 0 Å². The SMILES string of the molecule is C#Cc1ccc(OCCCN(CC(C)C)CC(C)CC)c(CC=C)c1. The molecule has 25 heavy (non-hydrogen) atoms. The van der Waals surface area contributed by atoms with Gasteiger partial charge in [0, 0.05) is 25.2 Å². The number of hydrogen-bond donors (Lipinski definition) is 0. The molecule has 0 aliphatic rings. The molecule has 0 saturated heterocycles. The molecule has 0 fully saturated rings. The third-order valence-electron chi connectivity index (χ3n) is 4.36. The molecule has 1 atom stereocenters. The fraction of sp³-hybridized carbons (Fsp3) is 0.565. The number of rotatable bonds is 12. The van der Waals surface area contributed by atoms with Gasteiger partial charge in [-0.1, -0.05) is 46.1 Å². The lowest BCUT2D eigenvalue weighted by atomic mass is 10.1. The zero-order valence-electron chi connectivity index (χ0n) is 16.6. The molecule has 1 unspecified atom stereocenters. The summed E-state index contributed by atoms with van der Waals surface area (Å²) in [6, 6.07) is 5.94. The molecule has 1 aromatic rings. The smallest absolute Gasteiger partial charge is 0.122 e. The summed E-state index contributed by atoms with van der Waals surface area (Å²) < 4.78 is 6.03. The van der Waals surface area contributed by atoms with Crippen molar-refractivity contribution in [3.05, 3.63) is 42.0 Å². The van der Waals surface area contributed by atoms with Gasteiger partial charge in [0.1, 0.15) is 5.75 Å². The molecule has 2 heteroatoms. The molecule has 0 amide bonds. The first-order chi connectivity index (χ1) is 12.0. The maximum absolute atomic E-state index is 6.03. The Bertz CT molecular complexity index is 556. The van der Waals surface area contributed by atoms with Crippen LogP contribution in [0.3, 0.4) is 0 Å². The number of allylic oxidation sites excluding steroid dienone is 1. The van der Waals surface area contributed by atoms with Crippen molar-refractivity contribution in [2.75, 3.05) is 26.2 Å². The zero-order valence-corrected chi connectivity index (χ0v) is 16.6. The molecule has 138 valence electrons. The number of nitrogens with zero attached hydrogens (tertiary/aromatic N) is 1. The number of hydrogen-bond acceptors (Lipinski definition) is 2. The minimum absolute atomic E-state index is 0.695. The lowest BCUT2D eigenvalue weighted by Gasteiger charge is -2.27. The molecule has 0 aliphatic carbocycles. The molecule has 0 spiro atoms. The maximum Gasteiger partial charge on any atom is 0.122 e. The molecule has 0 N–H and O–H groups in total. The Balaban J connectivity index is 2.54. The van der Waals surface area contributed by atoms with Crippen molar-refractivity contribution in [2.24, 2.45) is 11.8 Å². The van der Waals surface area contributed by atoms with Gasteiger partial charge in [0.2, 0.25) is 0 Å². The van der Waals surface area contributed by atoms with Gasteiger partial charge in [-0.05, 0) is 48.4 Å². The van der Waals surface area contributed by atoms with E-state index in [4.69, 9.17) is 11.2 Å². The second-order valence-electron chi connectivity index (χ2n) is 7.33.